The van der Waals surface area contributed by atoms with Crippen LogP contribution in [0.4, 0.5) is 4.39 Å². The van der Waals surface area contributed by atoms with Gasteiger partial charge in [-0.1, -0.05) is 13.0 Å². The van der Waals surface area contributed by atoms with Crippen LogP contribution in [0.25, 0.3) is 0 Å². The Morgan fingerprint density at radius 3 is 2.86 bits per heavy atom. The second-order valence-corrected chi connectivity index (χ2v) is 5.17. The average Bonchev–Trinajstić information content (AvgIpc) is 2.85. The summed E-state index contributed by atoms with van der Waals surface area (Å²) in [5.41, 5.74) is -1.30. The van der Waals surface area contributed by atoms with Crippen LogP contribution in [0.1, 0.15) is 31.7 Å². The summed E-state index contributed by atoms with van der Waals surface area (Å²) in [6.45, 7) is 4.29. The maximum atomic E-state index is 14.1. The van der Waals surface area contributed by atoms with E-state index in [1.165, 1.54) is 19.5 Å². The molecule has 0 spiro atoms. The molecule has 5 nitrogen and oxygen atoms in total. The van der Waals surface area contributed by atoms with Gasteiger partial charge in [-0.25, -0.2) is 14.1 Å². The minimum absolute atomic E-state index is 0.138. The van der Waals surface area contributed by atoms with E-state index >= 15 is 0 Å². The molecule has 2 aromatic rings. The Bertz CT molecular complexity index is 611. The maximum absolute atomic E-state index is 14.1. The first-order valence-electron chi connectivity index (χ1n) is 6.91. The molecule has 0 aliphatic rings. The molecule has 0 aliphatic heterocycles. The highest BCUT2D eigenvalue weighted by Crippen LogP contribution is 2.34. The lowest BCUT2D eigenvalue weighted by Gasteiger charge is -2.26. The van der Waals surface area contributed by atoms with E-state index in [0.29, 0.717) is 18.1 Å². The maximum Gasteiger partial charge on any atom is 0.138 e. The van der Waals surface area contributed by atoms with E-state index in [4.69, 9.17) is 4.74 Å². The zero-order valence-electron chi connectivity index (χ0n) is 12.5. The largest absolute Gasteiger partial charge is 0.496 e. The van der Waals surface area contributed by atoms with Gasteiger partial charge in [0.2, 0.25) is 0 Å². The van der Waals surface area contributed by atoms with Gasteiger partial charge >= 0.3 is 0 Å². The predicted octanol–water partition coefficient (Wildman–Crippen LogP) is 2.29. The molecule has 1 unspecified atom stereocenters. The SMILES string of the molecule is CCCn1ncnc1CC(C)(O)c1c(F)cccc1OC. The zero-order chi connectivity index (χ0) is 15.5. The number of ether oxygens (including phenoxy) is 1. The number of hydrogen-bond acceptors (Lipinski definition) is 4. The van der Waals surface area contributed by atoms with Crippen molar-refractivity contribution in [2.45, 2.75) is 38.8 Å². The topological polar surface area (TPSA) is 60.2 Å². The van der Waals surface area contributed by atoms with Crippen molar-refractivity contribution in [3.05, 3.63) is 41.7 Å². The molecule has 114 valence electrons. The third kappa shape index (κ3) is 3.21. The lowest BCUT2D eigenvalue weighted by molar-refractivity contribution is 0.0477. The third-order valence-electron chi connectivity index (χ3n) is 3.37. The molecule has 0 saturated heterocycles. The Hall–Kier alpha value is -1.95. The first kappa shape index (κ1) is 15.4. The van der Waals surface area contributed by atoms with Gasteiger partial charge in [-0.2, -0.15) is 5.10 Å². The van der Waals surface area contributed by atoms with Crippen LogP contribution in [0.5, 0.6) is 5.75 Å². The standard InChI is InChI=1S/C15H20FN3O2/c1-4-8-19-13(17-10-18-19)9-15(2,20)14-11(16)6-5-7-12(14)21-3/h5-7,10,20H,4,8-9H2,1-3H3. The van der Waals surface area contributed by atoms with E-state index in [1.807, 2.05) is 6.92 Å². The smallest absolute Gasteiger partial charge is 0.138 e. The normalized spacial score (nSPS) is 14.0. The highest BCUT2D eigenvalue weighted by molar-refractivity contribution is 5.39. The van der Waals surface area contributed by atoms with Gasteiger partial charge < -0.3 is 9.84 Å². The van der Waals surface area contributed by atoms with E-state index in [-0.39, 0.29) is 12.0 Å². The fourth-order valence-electron chi connectivity index (χ4n) is 2.42. The van der Waals surface area contributed by atoms with Gasteiger partial charge in [0.05, 0.1) is 12.7 Å². The van der Waals surface area contributed by atoms with Crippen LogP contribution in [-0.4, -0.2) is 27.0 Å². The summed E-state index contributed by atoms with van der Waals surface area (Å²) in [5, 5.41) is 14.9. The number of hydrogen-bond donors (Lipinski definition) is 1. The van der Waals surface area contributed by atoms with Crippen LogP contribution in [0.15, 0.2) is 24.5 Å². The van der Waals surface area contributed by atoms with Crippen LogP contribution < -0.4 is 4.74 Å². The molecular formula is C15H20FN3O2. The van der Waals surface area contributed by atoms with Crippen LogP contribution in [0.3, 0.4) is 0 Å². The van der Waals surface area contributed by atoms with E-state index in [0.717, 1.165) is 6.42 Å². The second-order valence-electron chi connectivity index (χ2n) is 5.17. The van der Waals surface area contributed by atoms with E-state index in [2.05, 4.69) is 10.1 Å². The number of nitrogens with zero attached hydrogens (tertiary/aromatic N) is 3. The molecule has 21 heavy (non-hydrogen) atoms. The Kier molecular flexibility index (Phi) is 4.57. The summed E-state index contributed by atoms with van der Waals surface area (Å²) in [5.74, 6) is 0.439. The lowest BCUT2D eigenvalue weighted by Crippen LogP contribution is -2.28. The molecule has 0 saturated carbocycles. The summed E-state index contributed by atoms with van der Waals surface area (Å²) in [6.07, 6.45) is 2.51. The Morgan fingerprint density at radius 2 is 2.19 bits per heavy atom. The van der Waals surface area contributed by atoms with Crippen LogP contribution >= 0.6 is 0 Å². The van der Waals surface area contributed by atoms with Gasteiger partial charge in [0.15, 0.2) is 0 Å². The summed E-state index contributed by atoms with van der Waals surface area (Å²) >= 11 is 0. The molecule has 1 aromatic carbocycles. The molecule has 2 rings (SSSR count). The predicted molar refractivity (Wildman–Crippen MR) is 76.5 cm³/mol. The number of aryl methyl sites for hydroxylation is 1. The molecule has 0 aliphatic carbocycles. The molecule has 0 radical (unpaired) electrons. The number of benzene rings is 1. The minimum atomic E-state index is -1.44. The number of halogens is 1. The zero-order valence-corrected chi connectivity index (χ0v) is 12.5. The molecule has 1 aromatic heterocycles. The fraction of sp³-hybridized carbons (Fsp3) is 0.467. The Labute approximate surface area is 123 Å². The Balaban J connectivity index is 2.36. The molecular weight excluding hydrogens is 273 g/mol. The highest BCUT2D eigenvalue weighted by Gasteiger charge is 2.32. The molecule has 1 heterocycles. The minimum Gasteiger partial charge on any atom is -0.496 e. The van der Waals surface area contributed by atoms with Crippen molar-refractivity contribution in [2.75, 3.05) is 7.11 Å². The lowest BCUT2D eigenvalue weighted by atomic mass is 9.90. The molecule has 6 heteroatoms. The molecule has 0 bridgehead atoms. The van der Waals surface area contributed by atoms with Crippen molar-refractivity contribution >= 4 is 0 Å². The van der Waals surface area contributed by atoms with Gasteiger partial charge in [0.25, 0.3) is 0 Å². The number of aliphatic hydroxyl groups is 1. The molecule has 0 amide bonds. The van der Waals surface area contributed by atoms with E-state index < -0.39 is 11.4 Å². The number of rotatable bonds is 6. The number of aromatic nitrogens is 3. The summed E-state index contributed by atoms with van der Waals surface area (Å²) in [7, 11) is 1.45. The first-order chi connectivity index (χ1) is 9.99. The summed E-state index contributed by atoms with van der Waals surface area (Å²) in [6, 6.07) is 4.49. The van der Waals surface area contributed by atoms with Gasteiger partial charge in [0.1, 0.15) is 29.3 Å². The van der Waals surface area contributed by atoms with Crippen molar-refractivity contribution in [1.82, 2.24) is 14.8 Å². The van der Waals surface area contributed by atoms with Crippen LogP contribution in [0, 0.1) is 5.82 Å². The number of methoxy groups -OCH3 is 1. The Morgan fingerprint density at radius 1 is 1.43 bits per heavy atom. The summed E-state index contributed by atoms with van der Waals surface area (Å²) < 4.78 is 21.0. The first-order valence-corrected chi connectivity index (χ1v) is 6.91. The van der Waals surface area contributed by atoms with Crippen molar-refractivity contribution in [3.8, 4) is 5.75 Å². The highest BCUT2D eigenvalue weighted by atomic mass is 19.1. The van der Waals surface area contributed by atoms with E-state index in [1.54, 1.807) is 23.7 Å². The quantitative estimate of drug-likeness (QED) is 0.887. The second kappa shape index (κ2) is 6.22. The van der Waals surface area contributed by atoms with Gasteiger partial charge in [-0.15, -0.1) is 0 Å². The van der Waals surface area contributed by atoms with Crippen LogP contribution in [-0.2, 0) is 18.6 Å². The van der Waals surface area contributed by atoms with Gasteiger partial charge in [-0.3, -0.25) is 0 Å². The van der Waals surface area contributed by atoms with Crippen molar-refractivity contribution < 1.29 is 14.2 Å². The monoisotopic (exact) mass is 293 g/mol. The summed E-state index contributed by atoms with van der Waals surface area (Å²) in [4.78, 5) is 4.16. The third-order valence-corrected chi connectivity index (χ3v) is 3.37. The van der Waals surface area contributed by atoms with E-state index in [9.17, 15) is 9.50 Å². The fourth-order valence-corrected chi connectivity index (χ4v) is 2.42. The van der Waals surface area contributed by atoms with Crippen molar-refractivity contribution in [2.24, 2.45) is 0 Å². The average molecular weight is 293 g/mol. The van der Waals surface area contributed by atoms with Crippen molar-refractivity contribution in [1.29, 1.82) is 0 Å². The van der Waals surface area contributed by atoms with Crippen molar-refractivity contribution in [3.63, 3.8) is 0 Å². The van der Waals surface area contributed by atoms with Gasteiger partial charge in [0, 0.05) is 13.0 Å². The molecule has 1 N–H and O–H groups in total. The molecule has 0 fully saturated rings. The van der Waals surface area contributed by atoms with Gasteiger partial charge in [-0.05, 0) is 25.5 Å². The molecule has 1 atom stereocenters. The van der Waals surface area contributed by atoms with Crippen LogP contribution in [0.2, 0.25) is 0 Å².